The maximum absolute atomic E-state index is 6.32. The van der Waals surface area contributed by atoms with Gasteiger partial charge in [0.05, 0.1) is 25.4 Å². The van der Waals surface area contributed by atoms with Crippen LogP contribution in [0.4, 0.5) is 0 Å². The maximum atomic E-state index is 6.32. The molecule has 1 saturated carbocycles. The number of benzene rings is 1. The van der Waals surface area contributed by atoms with Crippen molar-refractivity contribution < 1.29 is 14.2 Å². The van der Waals surface area contributed by atoms with Crippen LogP contribution in [0.2, 0.25) is 0 Å². The van der Waals surface area contributed by atoms with E-state index in [1.54, 1.807) is 7.11 Å². The van der Waals surface area contributed by atoms with Crippen molar-refractivity contribution in [2.24, 2.45) is 4.99 Å². The van der Waals surface area contributed by atoms with Crippen LogP contribution in [0, 0.1) is 0 Å². The van der Waals surface area contributed by atoms with Crippen LogP contribution >= 0.6 is 0 Å². The van der Waals surface area contributed by atoms with Gasteiger partial charge in [-0.1, -0.05) is 12.1 Å². The first kappa shape index (κ1) is 20.8. The lowest BCUT2D eigenvalue weighted by Gasteiger charge is -2.24. The van der Waals surface area contributed by atoms with Gasteiger partial charge in [0.2, 0.25) is 0 Å². The van der Waals surface area contributed by atoms with Crippen LogP contribution in [-0.2, 0) is 11.3 Å². The topological polar surface area (TPSA) is 64.1 Å². The molecule has 1 unspecified atom stereocenters. The van der Waals surface area contributed by atoms with Gasteiger partial charge in [-0.2, -0.15) is 0 Å². The van der Waals surface area contributed by atoms with Crippen molar-refractivity contribution in [3.8, 4) is 11.5 Å². The molecule has 28 heavy (non-hydrogen) atoms. The minimum atomic E-state index is -0.108. The maximum Gasteiger partial charge on any atom is 0.191 e. The molecule has 2 fully saturated rings. The van der Waals surface area contributed by atoms with Gasteiger partial charge < -0.3 is 24.8 Å². The molecule has 1 atom stereocenters. The zero-order valence-corrected chi connectivity index (χ0v) is 17.6. The van der Waals surface area contributed by atoms with Crippen LogP contribution in [0.5, 0.6) is 11.5 Å². The fraction of sp³-hybridized carbons (Fsp3) is 0.682. The van der Waals surface area contributed by atoms with Crippen LogP contribution in [-0.4, -0.2) is 44.5 Å². The molecule has 6 heteroatoms. The lowest BCUT2D eigenvalue weighted by Crippen LogP contribution is -2.45. The number of ether oxygens (including phenoxy) is 3. The van der Waals surface area contributed by atoms with Gasteiger partial charge in [0, 0.05) is 25.3 Å². The Morgan fingerprint density at radius 1 is 1.25 bits per heavy atom. The van der Waals surface area contributed by atoms with Gasteiger partial charge >= 0.3 is 0 Å². The highest BCUT2D eigenvalue weighted by Gasteiger charge is 2.29. The first-order valence-electron chi connectivity index (χ1n) is 10.6. The Morgan fingerprint density at radius 3 is 2.75 bits per heavy atom. The standard InChI is InChI=1S/C22H35N3O3/c1-4-23-21(25-16-22(2)13-8-14-27-22)24-15-17-9-7-12-19(26-3)20(17)28-18-10-5-6-11-18/h7,9,12,18H,4-6,8,10-11,13-16H2,1-3H3,(H2,23,24,25). The van der Waals surface area contributed by atoms with Crippen molar-refractivity contribution in [3.63, 3.8) is 0 Å². The third-order valence-corrected chi connectivity index (χ3v) is 5.55. The zero-order chi connectivity index (χ0) is 19.8. The van der Waals surface area contributed by atoms with Crippen molar-refractivity contribution in [3.05, 3.63) is 23.8 Å². The molecule has 1 aromatic carbocycles. The van der Waals surface area contributed by atoms with E-state index in [0.717, 1.165) is 68.4 Å². The van der Waals surface area contributed by atoms with Crippen LogP contribution in [0.15, 0.2) is 23.2 Å². The molecule has 1 aliphatic heterocycles. The Balaban J connectivity index is 1.70. The molecule has 0 spiro atoms. The van der Waals surface area contributed by atoms with Crippen molar-refractivity contribution in [1.82, 2.24) is 10.6 Å². The second-order valence-corrected chi connectivity index (χ2v) is 7.92. The highest BCUT2D eigenvalue weighted by molar-refractivity contribution is 5.79. The number of hydrogen-bond donors (Lipinski definition) is 2. The summed E-state index contributed by atoms with van der Waals surface area (Å²) in [7, 11) is 1.69. The van der Waals surface area contributed by atoms with E-state index < -0.39 is 0 Å². The molecule has 2 aliphatic rings. The summed E-state index contributed by atoms with van der Waals surface area (Å²) in [5.74, 6) is 2.42. The lowest BCUT2D eigenvalue weighted by atomic mass is 10.0. The van der Waals surface area contributed by atoms with Crippen molar-refractivity contribution in [1.29, 1.82) is 0 Å². The molecule has 1 aromatic rings. The quantitative estimate of drug-likeness (QED) is 0.525. The molecule has 156 valence electrons. The Hall–Kier alpha value is -1.95. The molecule has 0 aromatic heterocycles. The Kier molecular flexibility index (Phi) is 7.43. The van der Waals surface area contributed by atoms with E-state index in [2.05, 4.69) is 30.5 Å². The van der Waals surface area contributed by atoms with Gasteiger partial charge in [0.25, 0.3) is 0 Å². The average molecular weight is 390 g/mol. The third kappa shape index (κ3) is 5.53. The predicted octanol–water partition coefficient (Wildman–Crippen LogP) is 3.64. The fourth-order valence-electron chi connectivity index (χ4n) is 3.91. The van der Waals surface area contributed by atoms with E-state index in [9.17, 15) is 0 Å². The van der Waals surface area contributed by atoms with Crippen LogP contribution in [0.25, 0.3) is 0 Å². The van der Waals surface area contributed by atoms with Crippen molar-refractivity contribution in [2.45, 2.75) is 70.6 Å². The van der Waals surface area contributed by atoms with Gasteiger partial charge in [0.1, 0.15) is 0 Å². The summed E-state index contributed by atoms with van der Waals surface area (Å²) in [5, 5.41) is 6.76. The number of nitrogens with one attached hydrogen (secondary N) is 2. The summed E-state index contributed by atoms with van der Waals surface area (Å²) in [5.41, 5.74) is 0.940. The largest absolute Gasteiger partial charge is 0.493 e. The molecule has 2 N–H and O–H groups in total. The predicted molar refractivity (Wildman–Crippen MR) is 112 cm³/mol. The first-order valence-corrected chi connectivity index (χ1v) is 10.6. The molecule has 1 aliphatic carbocycles. The van der Waals surface area contributed by atoms with Crippen LogP contribution < -0.4 is 20.1 Å². The number of hydrogen-bond acceptors (Lipinski definition) is 4. The van der Waals surface area contributed by atoms with E-state index in [-0.39, 0.29) is 11.7 Å². The van der Waals surface area contributed by atoms with Gasteiger partial charge in [-0.15, -0.1) is 0 Å². The third-order valence-electron chi connectivity index (χ3n) is 5.55. The van der Waals surface area contributed by atoms with E-state index in [1.807, 2.05) is 12.1 Å². The minimum absolute atomic E-state index is 0.108. The highest BCUT2D eigenvalue weighted by Crippen LogP contribution is 2.35. The molecule has 0 radical (unpaired) electrons. The van der Waals surface area contributed by atoms with E-state index in [1.165, 1.54) is 12.8 Å². The highest BCUT2D eigenvalue weighted by atomic mass is 16.5. The molecule has 1 heterocycles. The second-order valence-electron chi connectivity index (χ2n) is 7.92. The van der Waals surface area contributed by atoms with Gasteiger partial charge in [0.15, 0.2) is 17.5 Å². The molecular weight excluding hydrogens is 354 g/mol. The van der Waals surface area contributed by atoms with Crippen LogP contribution in [0.3, 0.4) is 0 Å². The summed E-state index contributed by atoms with van der Waals surface area (Å²) in [6, 6.07) is 6.03. The summed E-state index contributed by atoms with van der Waals surface area (Å²) < 4.78 is 17.8. The normalized spacial score (nSPS) is 23.0. The number of nitrogens with zero attached hydrogens (tertiary/aromatic N) is 1. The fourth-order valence-corrected chi connectivity index (χ4v) is 3.91. The van der Waals surface area contributed by atoms with E-state index in [0.29, 0.717) is 6.54 Å². The van der Waals surface area contributed by atoms with Gasteiger partial charge in [-0.3, -0.25) is 0 Å². The zero-order valence-electron chi connectivity index (χ0n) is 17.6. The Morgan fingerprint density at radius 2 is 2.07 bits per heavy atom. The summed E-state index contributed by atoms with van der Waals surface area (Å²) in [4.78, 5) is 4.79. The summed E-state index contributed by atoms with van der Waals surface area (Å²) >= 11 is 0. The molecular formula is C22H35N3O3. The molecule has 0 amide bonds. The van der Waals surface area contributed by atoms with Crippen molar-refractivity contribution in [2.75, 3.05) is 26.8 Å². The summed E-state index contributed by atoms with van der Waals surface area (Å²) in [6.07, 6.45) is 7.19. The smallest absolute Gasteiger partial charge is 0.191 e. The summed E-state index contributed by atoms with van der Waals surface area (Å²) in [6.45, 7) is 7.18. The van der Waals surface area contributed by atoms with Crippen molar-refractivity contribution >= 4 is 5.96 Å². The molecule has 1 saturated heterocycles. The molecule has 0 bridgehead atoms. The Bertz CT molecular complexity index is 650. The average Bonchev–Trinajstić information content (AvgIpc) is 3.37. The van der Waals surface area contributed by atoms with E-state index in [4.69, 9.17) is 19.2 Å². The number of methoxy groups -OCH3 is 1. The number of para-hydroxylation sites is 1. The minimum Gasteiger partial charge on any atom is -0.493 e. The first-order chi connectivity index (χ1) is 13.6. The van der Waals surface area contributed by atoms with Gasteiger partial charge in [-0.25, -0.2) is 4.99 Å². The molecule has 3 rings (SSSR count). The SMILES string of the molecule is CCNC(=NCc1cccc(OC)c1OC1CCCC1)NCC1(C)CCCO1. The monoisotopic (exact) mass is 389 g/mol. The van der Waals surface area contributed by atoms with Crippen LogP contribution in [0.1, 0.15) is 57.9 Å². The molecule has 6 nitrogen and oxygen atoms in total. The lowest BCUT2D eigenvalue weighted by molar-refractivity contribution is 0.0243. The van der Waals surface area contributed by atoms with E-state index >= 15 is 0 Å². The number of rotatable bonds is 8. The number of guanidine groups is 1. The second kappa shape index (κ2) is 10.0. The number of aliphatic imine (C=N–C) groups is 1. The Labute approximate surface area is 169 Å². The van der Waals surface area contributed by atoms with Gasteiger partial charge in [-0.05, 0) is 58.4 Å².